The van der Waals surface area contributed by atoms with E-state index in [1.54, 1.807) is 0 Å². The van der Waals surface area contributed by atoms with Crippen LogP contribution in [0.15, 0.2) is 0 Å². The average molecular weight is 224 g/mol. The fraction of sp³-hybridized carbons (Fsp3) is 0.833. The molecule has 0 aromatic carbocycles. The van der Waals surface area contributed by atoms with Crippen molar-refractivity contribution in [2.24, 2.45) is 0 Å². The van der Waals surface area contributed by atoms with Crippen LogP contribution in [0.3, 0.4) is 0 Å². The molecule has 0 atom stereocenters. The Hall–Kier alpha value is -1.08. The molecule has 1 amide bonds. The molecule has 0 radical (unpaired) electrons. The first kappa shape index (κ1) is 13.0. The molecule has 90 valence electrons. The van der Waals surface area contributed by atoms with Gasteiger partial charge in [-0.15, -0.1) is 0 Å². The zero-order chi connectivity index (χ0) is 11.9. The molecule has 0 aromatic heterocycles. The first-order valence-electron chi connectivity index (χ1n) is 6.02. The molecule has 4 heteroatoms. The summed E-state index contributed by atoms with van der Waals surface area (Å²) in [4.78, 5) is 11.6. The van der Waals surface area contributed by atoms with Gasteiger partial charge in [-0.05, 0) is 19.8 Å². The van der Waals surface area contributed by atoms with Crippen LogP contribution in [-0.2, 0) is 9.53 Å². The topological polar surface area (TPSA) is 62.1 Å². The van der Waals surface area contributed by atoms with Crippen molar-refractivity contribution < 1.29 is 9.53 Å². The van der Waals surface area contributed by atoms with Gasteiger partial charge in [-0.2, -0.15) is 5.26 Å². The molecule has 0 bridgehead atoms. The van der Waals surface area contributed by atoms with Crippen LogP contribution in [-0.4, -0.2) is 24.7 Å². The molecule has 0 spiro atoms. The number of nitriles is 1. The lowest BCUT2D eigenvalue weighted by atomic mass is 9.83. The van der Waals surface area contributed by atoms with Crippen LogP contribution < -0.4 is 5.32 Å². The Labute approximate surface area is 97.0 Å². The van der Waals surface area contributed by atoms with Gasteiger partial charge in [-0.25, -0.2) is 0 Å². The van der Waals surface area contributed by atoms with Gasteiger partial charge in [0.25, 0.3) is 0 Å². The highest BCUT2D eigenvalue weighted by Gasteiger charge is 2.33. The molecule has 1 fully saturated rings. The van der Waals surface area contributed by atoms with Crippen molar-refractivity contribution in [3.8, 4) is 6.07 Å². The van der Waals surface area contributed by atoms with Crippen molar-refractivity contribution in [2.45, 2.75) is 51.0 Å². The fourth-order valence-corrected chi connectivity index (χ4v) is 2.06. The molecule has 0 aliphatic heterocycles. The number of rotatable bonds is 5. The van der Waals surface area contributed by atoms with Crippen LogP contribution >= 0.6 is 0 Å². The smallest absolute Gasteiger partial charge is 0.223 e. The molecule has 1 saturated carbocycles. The summed E-state index contributed by atoms with van der Waals surface area (Å²) >= 11 is 0. The second-order valence-corrected chi connectivity index (χ2v) is 4.25. The first-order chi connectivity index (χ1) is 7.72. The predicted molar refractivity (Wildman–Crippen MR) is 60.7 cm³/mol. The fourth-order valence-electron chi connectivity index (χ4n) is 2.06. The van der Waals surface area contributed by atoms with Crippen molar-refractivity contribution in [1.82, 2.24) is 5.32 Å². The van der Waals surface area contributed by atoms with E-state index in [4.69, 9.17) is 10.00 Å². The lowest BCUT2D eigenvalue weighted by Gasteiger charge is -2.31. The Morgan fingerprint density at radius 1 is 1.44 bits per heavy atom. The number of carbonyl (C=O) groups excluding carboxylic acids is 1. The van der Waals surface area contributed by atoms with Crippen molar-refractivity contribution in [3.05, 3.63) is 0 Å². The monoisotopic (exact) mass is 224 g/mol. The van der Waals surface area contributed by atoms with E-state index in [9.17, 15) is 4.79 Å². The van der Waals surface area contributed by atoms with Gasteiger partial charge >= 0.3 is 0 Å². The lowest BCUT2D eigenvalue weighted by molar-refractivity contribution is -0.123. The number of amides is 1. The van der Waals surface area contributed by atoms with Crippen molar-refractivity contribution in [1.29, 1.82) is 5.26 Å². The Morgan fingerprint density at radius 2 is 2.12 bits per heavy atom. The van der Waals surface area contributed by atoms with E-state index in [1.807, 2.05) is 6.92 Å². The third-order valence-corrected chi connectivity index (χ3v) is 2.98. The quantitative estimate of drug-likeness (QED) is 0.724. The second-order valence-electron chi connectivity index (χ2n) is 4.25. The number of nitrogens with zero attached hydrogens (tertiary/aromatic N) is 1. The van der Waals surface area contributed by atoms with Crippen LogP contribution in [0.2, 0.25) is 0 Å². The summed E-state index contributed by atoms with van der Waals surface area (Å²) in [5.41, 5.74) is -0.610. The van der Waals surface area contributed by atoms with E-state index in [0.717, 1.165) is 32.1 Å². The molecule has 4 nitrogen and oxygen atoms in total. The minimum atomic E-state index is -0.610. The third-order valence-electron chi connectivity index (χ3n) is 2.98. The van der Waals surface area contributed by atoms with Gasteiger partial charge in [0.1, 0.15) is 5.54 Å². The molecule has 0 unspecified atom stereocenters. The number of carbonyl (C=O) groups is 1. The molecule has 0 heterocycles. The zero-order valence-electron chi connectivity index (χ0n) is 9.92. The number of nitrogens with one attached hydrogen (secondary N) is 1. The van der Waals surface area contributed by atoms with Crippen molar-refractivity contribution >= 4 is 5.91 Å². The largest absolute Gasteiger partial charge is 0.381 e. The molecule has 16 heavy (non-hydrogen) atoms. The minimum absolute atomic E-state index is 0.0723. The van der Waals surface area contributed by atoms with Crippen LogP contribution in [0.5, 0.6) is 0 Å². The van der Waals surface area contributed by atoms with Gasteiger partial charge in [-0.3, -0.25) is 4.79 Å². The van der Waals surface area contributed by atoms with Crippen molar-refractivity contribution in [2.75, 3.05) is 13.2 Å². The summed E-state index contributed by atoms with van der Waals surface area (Å²) in [6.45, 7) is 2.95. The second kappa shape index (κ2) is 6.49. The van der Waals surface area contributed by atoms with Crippen LogP contribution in [0.4, 0.5) is 0 Å². The third kappa shape index (κ3) is 3.82. The van der Waals surface area contributed by atoms with E-state index in [0.29, 0.717) is 19.6 Å². The Bertz CT molecular complexity index is 265. The lowest BCUT2D eigenvalue weighted by Crippen LogP contribution is -2.48. The summed E-state index contributed by atoms with van der Waals surface area (Å²) in [5, 5.41) is 12.0. The SMILES string of the molecule is CCOCCC(=O)NC1(C#N)CCCCC1. The maximum absolute atomic E-state index is 11.6. The summed E-state index contributed by atoms with van der Waals surface area (Å²) in [5.74, 6) is -0.0723. The molecule has 1 aliphatic rings. The molecular weight excluding hydrogens is 204 g/mol. The van der Waals surface area contributed by atoms with Crippen molar-refractivity contribution in [3.63, 3.8) is 0 Å². The Kier molecular flexibility index (Phi) is 5.27. The molecule has 1 N–H and O–H groups in total. The van der Waals surface area contributed by atoms with Crippen LogP contribution in [0.1, 0.15) is 45.4 Å². The summed E-state index contributed by atoms with van der Waals surface area (Å²) in [6, 6.07) is 2.27. The van der Waals surface area contributed by atoms with Crippen LogP contribution in [0, 0.1) is 11.3 Å². The minimum Gasteiger partial charge on any atom is -0.381 e. The molecule has 0 saturated heterocycles. The van der Waals surface area contributed by atoms with E-state index in [1.165, 1.54) is 0 Å². The molecule has 0 aromatic rings. The van der Waals surface area contributed by atoms with Crippen LogP contribution in [0.25, 0.3) is 0 Å². The first-order valence-corrected chi connectivity index (χ1v) is 6.02. The molecule has 1 rings (SSSR count). The number of ether oxygens (including phenoxy) is 1. The van der Waals surface area contributed by atoms with E-state index in [2.05, 4.69) is 11.4 Å². The van der Waals surface area contributed by atoms with Gasteiger partial charge in [0.2, 0.25) is 5.91 Å². The van der Waals surface area contributed by atoms with Gasteiger partial charge in [-0.1, -0.05) is 19.3 Å². The van der Waals surface area contributed by atoms with Gasteiger partial charge in [0, 0.05) is 6.61 Å². The molecular formula is C12H20N2O2. The summed E-state index contributed by atoms with van der Waals surface area (Å²) < 4.78 is 5.12. The molecule has 1 aliphatic carbocycles. The Morgan fingerprint density at radius 3 is 2.69 bits per heavy atom. The number of hydrogen-bond donors (Lipinski definition) is 1. The Balaban J connectivity index is 2.37. The summed E-state index contributed by atoms with van der Waals surface area (Å²) in [6.07, 6.45) is 5.13. The highest BCUT2D eigenvalue weighted by Crippen LogP contribution is 2.27. The van der Waals surface area contributed by atoms with Gasteiger partial charge < -0.3 is 10.1 Å². The van der Waals surface area contributed by atoms with E-state index < -0.39 is 5.54 Å². The highest BCUT2D eigenvalue weighted by atomic mass is 16.5. The predicted octanol–water partition coefficient (Wildman–Crippen LogP) is 1.76. The summed E-state index contributed by atoms with van der Waals surface area (Å²) in [7, 11) is 0. The number of hydrogen-bond acceptors (Lipinski definition) is 3. The van der Waals surface area contributed by atoms with E-state index >= 15 is 0 Å². The normalized spacial score (nSPS) is 18.8. The average Bonchev–Trinajstić information content (AvgIpc) is 2.30. The van der Waals surface area contributed by atoms with Gasteiger partial charge in [0.05, 0.1) is 19.1 Å². The highest BCUT2D eigenvalue weighted by molar-refractivity contribution is 5.77. The van der Waals surface area contributed by atoms with Gasteiger partial charge in [0.15, 0.2) is 0 Å². The maximum Gasteiger partial charge on any atom is 0.223 e. The van der Waals surface area contributed by atoms with E-state index in [-0.39, 0.29) is 5.91 Å². The zero-order valence-corrected chi connectivity index (χ0v) is 9.92. The standard InChI is InChI=1S/C12H20N2O2/c1-2-16-9-6-11(15)14-12(10-13)7-4-3-5-8-12/h2-9H2,1H3,(H,14,15). The maximum atomic E-state index is 11.6.